The number of aromatic nitrogens is 2. The Morgan fingerprint density at radius 2 is 1.55 bits per heavy atom. The maximum Gasteiger partial charge on any atom is 0.416 e. The van der Waals surface area contributed by atoms with Crippen LogP contribution in [0.25, 0.3) is 5.65 Å². The van der Waals surface area contributed by atoms with Crippen molar-refractivity contribution >= 4 is 38.9 Å². The van der Waals surface area contributed by atoms with E-state index in [0.717, 1.165) is 52.4 Å². The summed E-state index contributed by atoms with van der Waals surface area (Å²) in [7, 11) is 0. The summed E-state index contributed by atoms with van der Waals surface area (Å²) in [5, 5.41) is 2.92. The molecule has 1 amide bonds. The maximum atomic E-state index is 12.9. The monoisotopic (exact) mass is 615 g/mol. The predicted molar refractivity (Wildman–Crippen MR) is 152 cm³/mol. The van der Waals surface area contributed by atoms with E-state index in [9.17, 15) is 18.0 Å². The standard InChI is InChI=1S/C29H29BrF3N5O2/c1-2-25-27(38-19-21(30)5-12-26(38)35-25)28(39)34-13-18-40-24-10-8-23(9-11-24)37-16-14-36(15-17-37)22-6-3-20(4-7-22)29(31,32)33/h3-12,19H,2,13-18H2,1H3,(H,34,39). The Labute approximate surface area is 238 Å². The molecule has 0 saturated carbocycles. The van der Waals surface area contributed by atoms with Gasteiger partial charge in [0.05, 0.1) is 17.8 Å². The van der Waals surface area contributed by atoms with E-state index in [4.69, 9.17) is 4.74 Å². The molecule has 0 bridgehead atoms. The third kappa shape index (κ3) is 6.19. The van der Waals surface area contributed by atoms with E-state index < -0.39 is 11.7 Å². The molecule has 1 fully saturated rings. The molecule has 40 heavy (non-hydrogen) atoms. The Balaban J connectivity index is 1.09. The normalized spacial score (nSPS) is 14.0. The third-order valence-corrected chi connectivity index (χ3v) is 7.37. The average molecular weight is 616 g/mol. The van der Waals surface area contributed by atoms with Gasteiger partial charge >= 0.3 is 6.18 Å². The van der Waals surface area contributed by atoms with Gasteiger partial charge in [0, 0.05) is 48.2 Å². The summed E-state index contributed by atoms with van der Waals surface area (Å²) in [5.74, 6) is 0.506. The minimum atomic E-state index is -4.33. The summed E-state index contributed by atoms with van der Waals surface area (Å²) in [6, 6.07) is 16.9. The van der Waals surface area contributed by atoms with Crippen LogP contribution in [-0.4, -0.2) is 54.6 Å². The molecule has 1 saturated heterocycles. The van der Waals surface area contributed by atoms with Crippen LogP contribution in [0.4, 0.5) is 24.5 Å². The van der Waals surface area contributed by atoms with Gasteiger partial charge in [-0.2, -0.15) is 13.2 Å². The summed E-state index contributed by atoms with van der Waals surface area (Å²) in [6.45, 7) is 5.58. The summed E-state index contributed by atoms with van der Waals surface area (Å²) >= 11 is 3.45. The molecule has 0 spiro atoms. The number of hydrogen-bond acceptors (Lipinski definition) is 5. The van der Waals surface area contributed by atoms with Crippen molar-refractivity contribution in [3.8, 4) is 5.75 Å². The van der Waals surface area contributed by atoms with Crippen LogP contribution in [-0.2, 0) is 12.6 Å². The molecule has 0 unspecified atom stereocenters. The van der Waals surface area contributed by atoms with Crippen LogP contribution >= 0.6 is 15.9 Å². The molecule has 1 N–H and O–H groups in total. The van der Waals surface area contributed by atoms with Gasteiger partial charge in [0.1, 0.15) is 23.7 Å². The number of ether oxygens (including phenoxy) is 1. The molecular formula is C29H29BrF3N5O2. The van der Waals surface area contributed by atoms with Crippen molar-refractivity contribution in [3.63, 3.8) is 0 Å². The van der Waals surface area contributed by atoms with Gasteiger partial charge in [0.15, 0.2) is 0 Å². The smallest absolute Gasteiger partial charge is 0.416 e. The van der Waals surface area contributed by atoms with E-state index >= 15 is 0 Å². The number of carbonyl (C=O) groups excluding carboxylic acids is 1. The summed E-state index contributed by atoms with van der Waals surface area (Å²) in [4.78, 5) is 21.8. The fourth-order valence-corrected chi connectivity index (χ4v) is 5.15. The highest BCUT2D eigenvalue weighted by molar-refractivity contribution is 9.10. The minimum absolute atomic E-state index is 0.197. The van der Waals surface area contributed by atoms with Gasteiger partial charge in [-0.1, -0.05) is 6.92 Å². The quantitative estimate of drug-likeness (QED) is 0.253. The number of piperazine rings is 1. The van der Waals surface area contributed by atoms with Gasteiger partial charge in [-0.05, 0) is 83.0 Å². The molecule has 11 heteroatoms. The number of alkyl halides is 3. The number of imidazole rings is 1. The minimum Gasteiger partial charge on any atom is -0.492 e. The Morgan fingerprint density at radius 1 is 0.950 bits per heavy atom. The Morgan fingerprint density at radius 3 is 2.12 bits per heavy atom. The molecule has 0 aliphatic carbocycles. The second-order valence-corrected chi connectivity index (χ2v) is 10.4. The topological polar surface area (TPSA) is 62.1 Å². The van der Waals surface area contributed by atoms with E-state index in [2.05, 4.69) is 36.0 Å². The Hall–Kier alpha value is -3.73. The molecule has 7 nitrogen and oxygen atoms in total. The van der Waals surface area contributed by atoms with Gasteiger partial charge in [-0.25, -0.2) is 4.98 Å². The zero-order valence-corrected chi connectivity index (χ0v) is 23.5. The van der Waals surface area contributed by atoms with Crippen molar-refractivity contribution in [2.45, 2.75) is 19.5 Å². The van der Waals surface area contributed by atoms with Crippen molar-refractivity contribution in [2.24, 2.45) is 0 Å². The number of pyridine rings is 1. The van der Waals surface area contributed by atoms with E-state index in [1.165, 1.54) is 12.1 Å². The molecule has 5 rings (SSSR count). The van der Waals surface area contributed by atoms with Crippen molar-refractivity contribution in [1.82, 2.24) is 14.7 Å². The Bertz CT molecular complexity index is 1460. The third-order valence-electron chi connectivity index (χ3n) is 6.90. The highest BCUT2D eigenvalue weighted by atomic mass is 79.9. The molecule has 0 atom stereocenters. The molecule has 2 aromatic carbocycles. The van der Waals surface area contributed by atoms with Crippen LogP contribution in [0.2, 0.25) is 0 Å². The summed E-state index contributed by atoms with van der Waals surface area (Å²) < 4.78 is 47.0. The maximum absolute atomic E-state index is 12.9. The molecule has 0 radical (unpaired) electrons. The number of aryl methyl sites for hydroxylation is 1. The number of anilines is 2. The van der Waals surface area contributed by atoms with Crippen LogP contribution < -0.4 is 19.9 Å². The van der Waals surface area contributed by atoms with Crippen molar-refractivity contribution in [3.05, 3.63) is 88.3 Å². The second-order valence-electron chi connectivity index (χ2n) is 9.45. The predicted octanol–water partition coefficient (Wildman–Crippen LogP) is 5.81. The first-order valence-corrected chi connectivity index (χ1v) is 13.9. The van der Waals surface area contributed by atoms with Crippen LogP contribution in [0.3, 0.4) is 0 Å². The van der Waals surface area contributed by atoms with E-state index in [-0.39, 0.29) is 5.91 Å². The largest absolute Gasteiger partial charge is 0.492 e. The first-order chi connectivity index (χ1) is 19.2. The molecule has 2 aromatic heterocycles. The number of carbonyl (C=O) groups is 1. The van der Waals surface area contributed by atoms with Gasteiger partial charge in [-0.15, -0.1) is 0 Å². The summed E-state index contributed by atoms with van der Waals surface area (Å²) in [5.41, 5.74) is 3.21. The van der Waals surface area contributed by atoms with Crippen LogP contribution in [0.15, 0.2) is 71.3 Å². The number of nitrogens with zero attached hydrogens (tertiary/aromatic N) is 4. The van der Waals surface area contributed by atoms with Crippen molar-refractivity contribution < 1.29 is 22.7 Å². The number of fused-ring (bicyclic) bond motifs is 1. The number of halogens is 4. The van der Waals surface area contributed by atoms with Gasteiger partial charge in [0.25, 0.3) is 5.91 Å². The van der Waals surface area contributed by atoms with Crippen LogP contribution in [0, 0.1) is 0 Å². The van der Waals surface area contributed by atoms with Crippen LogP contribution in [0.5, 0.6) is 5.75 Å². The lowest BCUT2D eigenvalue weighted by atomic mass is 10.1. The first kappa shape index (κ1) is 27.8. The number of benzene rings is 2. The number of nitrogens with one attached hydrogen (secondary N) is 1. The molecule has 210 valence electrons. The van der Waals surface area contributed by atoms with E-state index in [1.54, 1.807) is 4.40 Å². The second kappa shape index (κ2) is 11.8. The van der Waals surface area contributed by atoms with Crippen LogP contribution in [0.1, 0.15) is 28.7 Å². The number of hydrogen-bond donors (Lipinski definition) is 1. The molecule has 3 heterocycles. The lowest BCUT2D eigenvalue weighted by Crippen LogP contribution is -2.46. The van der Waals surface area contributed by atoms with E-state index in [0.29, 0.717) is 44.1 Å². The fraction of sp³-hybridized carbons (Fsp3) is 0.310. The zero-order valence-electron chi connectivity index (χ0n) is 21.9. The first-order valence-electron chi connectivity index (χ1n) is 13.1. The molecular weight excluding hydrogens is 587 g/mol. The zero-order chi connectivity index (χ0) is 28.3. The van der Waals surface area contributed by atoms with Gasteiger partial charge in [-0.3, -0.25) is 9.20 Å². The molecule has 4 aromatic rings. The fourth-order valence-electron chi connectivity index (χ4n) is 4.81. The highest BCUT2D eigenvalue weighted by Crippen LogP contribution is 2.31. The van der Waals surface area contributed by atoms with Gasteiger partial charge < -0.3 is 19.9 Å². The molecule has 1 aliphatic heterocycles. The lowest BCUT2D eigenvalue weighted by Gasteiger charge is -2.37. The Kier molecular flexibility index (Phi) is 8.20. The van der Waals surface area contributed by atoms with Crippen molar-refractivity contribution in [1.29, 1.82) is 0 Å². The SMILES string of the molecule is CCc1nc2ccc(Br)cn2c1C(=O)NCCOc1ccc(N2CCN(c3ccc(C(F)(F)F)cc3)CC2)cc1. The summed E-state index contributed by atoms with van der Waals surface area (Å²) in [6.07, 6.45) is -1.84. The van der Waals surface area contributed by atoms with Gasteiger partial charge in [0.2, 0.25) is 0 Å². The van der Waals surface area contributed by atoms with Crippen molar-refractivity contribution in [2.75, 3.05) is 49.1 Å². The molecule has 1 aliphatic rings. The number of amides is 1. The average Bonchev–Trinajstić information content (AvgIpc) is 3.33. The lowest BCUT2D eigenvalue weighted by molar-refractivity contribution is -0.137. The highest BCUT2D eigenvalue weighted by Gasteiger charge is 2.30. The number of rotatable bonds is 8. The van der Waals surface area contributed by atoms with E-state index in [1.807, 2.05) is 49.5 Å².